The molecule has 0 aromatic heterocycles. The molecule has 1 heterocycles. The minimum Gasteiger partial charge on any atom is -0.466 e. The molecule has 0 spiro atoms. The smallest absolute Gasteiger partial charge is 0.310 e. The molecule has 2 aliphatic rings. The predicted molar refractivity (Wildman–Crippen MR) is 109 cm³/mol. The molecule has 1 aliphatic heterocycles. The fourth-order valence-corrected chi connectivity index (χ4v) is 4.04. The van der Waals surface area contributed by atoms with Crippen molar-refractivity contribution in [2.45, 2.75) is 77.2 Å². The summed E-state index contributed by atoms with van der Waals surface area (Å²) in [5.41, 5.74) is 0. The van der Waals surface area contributed by atoms with E-state index in [9.17, 15) is 4.79 Å². The van der Waals surface area contributed by atoms with Crippen molar-refractivity contribution in [3.05, 3.63) is 0 Å². The molecule has 2 fully saturated rings. The number of nitrogens with one attached hydrogen (secondary N) is 1. The van der Waals surface area contributed by atoms with Crippen molar-refractivity contribution in [1.82, 2.24) is 10.2 Å². The van der Waals surface area contributed by atoms with E-state index in [-0.39, 0.29) is 11.9 Å². The highest BCUT2D eigenvalue weighted by Gasteiger charge is 2.28. The zero-order valence-electron chi connectivity index (χ0n) is 17.4. The maximum atomic E-state index is 12.0. The second-order valence-corrected chi connectivity index (χ2v) is 7.70. The number of aliphatic imine (C=N–C) groups is 1. The van der Waals surface area contributed by atoms with E-state index in [1.165, 1.54) is 38.5 Å². The minimum absolute atomic E-state index is 0.0332. The SMILES string of the molecule is CCOC(=O)C1CCCN(C(=NC)NCCCCCOC2CCCCC2)C1. The van der Waals surface area contributed by atoms with E-state index >= 15 is 0 Å². The number of esters is 1. The van der Waals surface area contributed by atoms with Crippen LogP contribution in [0.5, 0.6) is 0 Å². The number of piperidine rings is 1. The lowest BCUT2D eigenvalue weighted by atomic mass is 9.98. The Labute approximate surface area is 165 Å². The number of unbranched alkanes of at least 4 members (excludes halogenated alkanes) is 2. The van der Waals surface area contributed by atoms with Crippen LogP contribution in [-0.2, 0) is 14.3 Å². The first-order valence-corrected chi connectivity index (χ1v) is 11.0. The molecule has 0 aromatic carbocycles. The van der Waals surface area contributed by atoms with Crippen molar-refractivity contribution in [3.8, 4) is 0 Å². The lowest BCUT2D eigenvalue weighted by molar-refractivity contribution is -0.149. The van der Waals surface area contributed by atoms with E-state index in [4.69, 9.17) is 9.47 Å². The lowest BCUT2D eigenvalue weighted by Crippen LogP contribution is -2.48. The van der Waals surface area contributed by atoms with Crippen LogP contribution in [0.25, 0.3) is 0 Å². The summed E-state index contributed by atoms with van der Waals surface area (Å²) in [4.78, 5) is 18.6. The van der Waals surface area contributed by atoms with E-state index in [1.54, 1.807) is 0 Å². The Hall–Kier alpha value is -1.30. The fourth-order valence-electron chi connectivity index (χ4n) is 4.04. The molecule has 156 valence electrons. The van der Waals surface area contributed by atoms with E-state index in [0.29, 0.717) is 19.3 Å². The van der Waals surface area contributed by atoms with Crippen LogP contribution in [0, 0.1) is 5.92 Å². The zero-order valence-corrected chi connectivity index (χ0v) is 17.4. The van der Waals surface area contributed by atoms with Gasteiger partial charge in [-0.05, 0) is 51.9 Å². The number of nitrogens with zero attached hydrogens (tertiary/aromatic N) is 2. The second-order valence-electron chi connectivity index (χ2n) is 7.70. The standard InChI is InChI=1S/C21H39N3O3/c1-3-26-20(25)18-11-10-15-24(17-18)21(22-2)23-14-8-5-9-16-27-19-12-6-4-7-13-19/h18-19H,3-17H2,1-2H3,(H,22,23). The molecule has 1 unspecified atom stereocenters. The third-order valence-electron chi connectivity index (χ3n) is 5.56. The molecule has 27 heavy (non-hydrogen) atoms. The number of hydrogen-bond acceptors (Lipinski definition) is 4. The molecule has 1 saturated carbocycles. The van der Waals surface area contributed by atoms with Gasteiger partial charge >= 0.3 is 5.97 Å². The Morgan fingerprint density at radius 2 is 1.93 bits per heavy atom. The van der Waals surface area contributed by atoms with Gasteiger partial charge in [0.25, 0.3) is 0 Å². The van der Waals surface area contributed by atoms with Crippen LogP contribution >= 0.6 is 0 Å². The van der Waals surface area contributed by atoms with Gasteiger partial charge in [0, 0.05) is 33.3 Å². The van der Waals surface area contributed by atoms with Gasteiger partial charge in [0.2, 0.25) is 0 Å². The molecule has 6 heteroatoms. The van der Waals surface area contributed by atoms with Crippen LogP contribution in [0.2, 0.25) is 0 Å². The molecular formula is C21H39N3O3. The minimum atomic E-state index is -0.0735. The average Bonchev–Trinajstić information content (AvgIpc) is 2.71. The van der Waals surface area contributed by atoms with Gasteiger partial charge in [-0.25, -0.2) is 0 Å². The normalized spacial score (nSPS) is 21.9. The Morgan fingerprint density at radius 1 is 1.11 bits per heavy atom. The van der Waals surface area contributed by atoms with E-state index in [2.05, 4.69) is 15.2 Å². The maximum absolute atomic E-state index is 12.0. The number of carbonyl (C=O) groups excluding carboxylic acids is 1. The van der Waals surface area contributed by atoms with Gasteiger partial charge in [-0.2, -0.15) is 0 Å². The van der Waals surface area contributed by atoms with Gasteiger partial charge in [0.1, 0.15) is 0 Å². The first kappa shape index (κ1) is 22.0. The molecule has 1 aliphatic carbocycles. The monoisotopic (exact) mass is 381 g/mol. The molecular weight excluding hydrogens is 342 g/mol. The summed E-state index contributed by atoms with van der Waals surface area (Å²) in [5, 5.41) is 3.45. The van der Waals surface area contributed by atoms with Crippen LogP contribution < -0.4 is 5.32 Å². The van der Waals surface area contributed by atoms with Crippen molar-refractivity contribution >= 4 is 11.9 Å². The van der Waals surface area contributed by atoms with Crippen LogP contribution in [0.4, 0.5) is 0 Å². The average molecular weight is 382 g/mol. The van der Waals surface area contributed by atoms with Crippen molar-refractivity contribution in [3.63, 3.8) is 0 Å². The Kier molecular flexibility index (Phi) is 10.6. The Morgan fingerprint density at radius 3 is 2.67 bits per heavy atom. The third kappa shape index (κ3) is 8.08. The highest BCUT2D eigenvalue weighted by Crippen LogP contribution is 2.20. The molecule has 1 saturated heterocycles. The van der Waals surface area contributed by atoms with Crippen LogP contribution in [0.3, 0.4) is 0 Å². The number of likely N-dealkylation sites (tertiary alicyclic amines) is 1. The predicted octanol–water partition coefficient (Wildman–Crippen LogP) is 3.36. The molecule has 0 aromatic rings. The number of guanidine groups is 1. The van der Waals surface area contributed by atoms with Crippen molar-refractivity contribution in [1.29, 1.82) is 0 Å². The van der Waals surface area contributed by atoms with Crippen LogP contribution in [0.1, 0.15) is 71.1 Å². The molecule has 1 N–H and O–H groups in total. The van der Waals surface area contributed by atoms with Crippen molar-refractivity contribution < 1.29 is 14.3 Å². The first-order chi connectivity index (χ1) is 13.2. The van der Waals surface area contributed by atoms with Crippen LogP contribution in [0.15, 0.2) is 4.99 Å². The number of rotatable bonds is 9. The fraction of sp³-hybridized carbons (Fsp3) is 0.905. The van der Waals surface area contributed by atoms with Crippen molar-refractivity contribution in [2.24, 2.45) is 10.9 Å². The maximum Gasteiger partial charge on any atom is 0.310 e. The molecule has 1 atom stereocenters. The number of ether oxygens (including phenoxy) is 2. The molecule has 6 nitrogen and oxygen atoms in total. The highest BCUT2D eigenvalue weighted by atomic mass is 16.5. The third-order valence-corrected chi connectivity index (χ3v) is 5.56. The van der Waals surface area contributed by atoms with Gasteiger partial charge < -0.3 is 19.7 Å². The first-order valence-electron chi connectivity index (χ1n) is 11.0. The zero-order chi connectivity index (χ0) is 19.3. The van der Waals surface area contributed by atoms with Crippen LogP contribution in [-0.4, -0.2) is 62.8 Å². The number of hydrogen-bond donors (Lipinski definition) is 1. The largest absolute Gasteiger partial charge is 0.466 e. The highest BCUT2D eigenvalue weighted by molar-refractivity contribution is 5.81. The summed E-state index contributed by atoms with van der Waals surface area (Å²) < 4.78 is 11.2. The second kappa shape index (κ2) is 13.0. The summed E-state index contributed by atoms with van der Waals surface area (Å²) in [6.07, 6.45) is 12.4. The Balaban J connectivity index is 1.57. The summed E-state index contributed by atoms with van der Waals surface area (Å²) in [6.45, 7) is 5.77. The molecule has 2 rings (SSSR count). The van der Waals surface area contributed by atoms with Gasteiger partial charge in [-0.15, -0.1) is 0 Å². The van der Waals surface area contributed by atoms with E-state index in [1.807, 2.05) is 14.0 Å². The topological polar surface area (TPSA) is 63.2 Å². The van der Waals surface area contributed by atoms with E-state index < -0.39 is 0 Å². The molecule has 0 radical (unpaired) electrons. The summed E-state index contributed by atoms with van der Waals surface area (Å²) in [6, 6.07) is 0. The molecule has 0 amide bonds. The lowest BCUT2D eigenvalue weighted by Gasteiger charge is -2.34. The molecule has 0 bridgehead atoms. The Bertz CT molecular complexity index is 450. The van der Waals surface area contributed by atoms with Gasteiger partial charge in [0.05, 0.1) is 18.6 Å². The van der Waals surface area contributed by atoms with Gasteiger partial charge in [-0.3, -0.25) is 9.79 Å². The van der Waals surface area contributed by atoms with Gasteiger partial charge in [0.15, 0.2) is 5.96 Å². The summed E-state index contributed by atoms with van der Waals surface area (Å²) in [7, 11) is 1.81. The summed E-state index contributed by atoms with van der Waals surface area (Å²) in [5.74, 6) is 0.798. The number of carbonyl (C=O) groups is 1. The quantitative estimate of drug-likeness (QED) is 0.287. The van der Waals surface area contributed by atoms with Gasteiger partial charge in [-0.1, -0.05) is 19.3 Å². The summed E-state index contributed by atoms with van der Waals surface area (Å²) >= 11 is 0. The van der Waals surface area contributed by atoms with Crippen molar-refractivity contribution in [2.75, 3.05) is 39.9 Å². The van der Waals surface area contributed by atoms with E-state index in [0.717, 1.165) is 51.3 Å².